The first-order chi connectivity index (χ1) is 12.5. The zero-order valence-electron chi connectivity index (χ0n) is 18.0. The van der Waals surface area contributed by atoms with Crippen molar-refractivity contribution in [3.63, 3.8) is 0 Å². The van der Waals surface area contributed by atoms with E-state index in [1.54, 1.807) is 42.7 Å². The molecule has 0 N–H and O–H groups in total. The number of rotatable bonds is 18. The molecule has 0 spiro atoms. The van der Waals surface area contributed by atoms with Crippen LogP contribution in [-0.4, -0.2) is 70.5 Å². The summed E-state index contributed by atoms with van der Waals surface area (Å²) in [7, 11) is 6.22. The van der Waals surface area contributed by atoms with Gasteiger partial charge in [-0.2, -0.15) is 0 Å². The molecule has 0 fully saturated rings. The zero-order valence-corrected chi connectivity index (χ0v) is 21.5. The van der Waals surface area contributed by atoms with Crippen LogP contribution in [0.5, 0.6) is 0 Å². The van der Waals surface area contributed by atoms with E-state index >= 15 is 0 Å². The Morgan fingerprint density at radius 2 is 0.731 bits per heavy atom. The van der Waals surface area contributed by atoms with E-state index in [4.69, 9.17) is 26.6 Å². The van der Waals surface area contributed by atoms with E-state index in [2.05, 4.69) is 6.92 Å². The summed E-state index contributed by atoms with van der Waals surface area (Å²) in [6, 6.07) is 3.22. The molecular weight excluding hydrogens is 384 g/mol. The molecular formula is C17H42O6Si3. The highest BCUT2D eigenvalue weighted by molar-refractivity contribution is 6.44. The van der Waals surface area contributed by atoms with Gasteiger partial charge in [-0.25, -0.2) is 0 Å². The molecule has 0 rings (SSSR count). The molecule has 0 radical (unpaired) electrons. The van der Waals surface area contributed by atoms with E-state index in [0.717, 1.165) is 18.1 Å². The molecule has 0 atom stereocenters. The zero-order chi connectivity index (χ0) is 19.8. The average Bonchev–Trinajstić information content (AvgIpc) is 2.66. The van der Waals surface area contributed by atoms with Crippen molar-refractivity contribution >= 4 is 27.9 Å². The van der Waals surface area contributed by atoms with Crippen molar-refractivity contribution in [3.05, 3.63) is 0 Å². The molecule has 0 saturated carbocycles. The Bertz CT molecular complexity index is 267. The summed E-state index contributed by atoms with van der Waals surface area (Å²) in [4.78, 5) is 0. The Morgan fingerprint density at radius 1 is 0.500 bits per heavy atom. The van der Waals surface area contributed by atoms with Gasteiger partial charge in [0.2, 0.25) is 0 Å². The van der Waals surface area contributed by atoms with Crippen LogP contribution in [0, 0.1) is 5.41 Å². The molecule has 0 aromatic rings. The summed E-state index contributed by atoms with van der Waals surface area (Å²) in [5.74, 6) is 0. The van der Waals surface area contributed by atoms with Crippen LogP contribution in [0.3, 0.4) is 0 Å². The third-order valence-corrected chi connectivity index (χ3v) is 11.0. The highest BCUT2D eigenvalue weighted by atomic mass is 28.3. The lowest BCUT2D eigenvalue weighted by Crippen LogP contribution is -2.24. The van der Waals surface area contributed by atoms with Crippen molar-refractivity contribution in [3.8, 4) is 0 Å². The Balaban J connectivity index is 4.52. The van der Waals surface area contributed by atoms with Crippen molar-refractivity contribution in [1.82, 2.24) is 0 Å². The van der Waals surface area contributed by atoms with Crippen LogP contribution in [-0.2, 0) is 26.6 Å². The van der Waals surface area contributed by atoms with Gasteiger partial charge in [-0.1, -0.05) is 26.2 Å². The molecule has 26 heavy (non-hydrogen) atoms. The normalized spacial score (nSPS) is 12.7. The molecule has 0 aliphatic rings. The lowest BCUT2D eigenvalue weighted by Gasteiger charge is -2.31. The summed E-state index contributed by atoms with van der Waals surface area (Å²) in [5, 5.41) is 0. The molecule has 0 heterocycles. The third kappa shape index (κ3) is 12.0. The highest BCUT2D eigenvalue weighted by Gasteiger charge is 2.26. The van der Waals surface area contributed by atoms with Gasteiger partial charge in [-0.15, -0.1) is 0 Å². The second kappa shape index (κ2) is 16.4. The Hall–Kier alpha value is 0.411. The van der Waals surface area contributed by atoms with Gasteiger partial charge in [0.1, 0.15) is 0 Å². The SMILES string of the molecule is CO[SiH](CCCC(C)(CCC[SiH](OC)OC)CCC[SiH](OC)OC)OC. The molecule has 0 aromatic carbocycles. The van der Waals surface area contributed by atoms with E-state index in [9.17, 15) is 0 Å². The molecule has 0 bridgehead atoms. The van der Waals surface area contributed by atoms with Crippen molar-refractivity contribution in [2.24, 2.45) is 5.41 Å². The Labute approximate surface area is 166 Å². The van der Waals surface area contributed by atoms with Gasteiger partial charge >= 0.3 is 27.9 Å². The van der Waals surface area contributed by atoms with E-state index in [1.165, 1.54) is 38.5 Å². The monoisotopic (exact) mass is 426 g/mol. The van der Waals surface area contributed by atoms with Gasteiger partial charge < -0.3 is 26.6 Å². The maximum atomic E-state index is 5.46. The van der Waals surface area contributed by atoms with Crippen LogP contribution >= 0.6 is 0 Å². The largest absolute Gasteiger partial charge is 0.400 e. The lowest BCUT2D eigenvalue weighted by atomic mass is 9.77. The van der Waals surface area contributed by atoms with E-state index in [1.807, 2.05) is 0 Å². The van der Waals surface area contributed by atoms with Gasteiger partial charge in [0.25, 0.3) is 0 Å². The Morgan fingerprint density at radius 3 is 0.923 bits per heavy atom. The van der Waals surface area contributed by atoms with Crippen LogP contribution in [0.15, 0.2) is 0 Å². The highest BCUT2D eigenvalue weighted by Crippen LogP contribution is 2.37. The molecule has 0 unspecified atom stereocenters. The summed E-state index contributed by atoms with van der Waals surface area (Å²) < 4.78 is 32.8. The first kappa shape index (κ1) is 26.4. The predicted octanol–water partition coefficient (Wildman–Crippen LogP) is 2.87. The minimum atomic E-state index is -1.46. The van der Waals surface area contributed by atoms with Gasteiger partial charge in [-0.05, 0) is 42.8 Å². The van der Waals surface area contributed by atoms with Gasteiger partial charge in [-0.3, -0.25) is 0 Å². The second-order valence-electron chi connectivity index (χ2n) is 7.19. The smallest absolute Gasteiger partial charge is 0.320 e. The van der Waals surface area contributed by atoms with Gasteiger partial charge in [0.05, 0.1) is 0 Å². The lowest BCUT2D eigenvalue weighted by molar-refractivity contribution is 0.222. The molecule has 0 aromatic heterocycles. The Kier molecular flexibility index (Phi) is 16.6. The fraction of sp³-hybridized carbons (Fsp3) is 1.00. The molecule has 0 aliphatic carbocycles. The standard InChI is InChI=1S/C17H42O6Si3/c1-17(11-8-14-24(18-2)19-3,12-9-15-25(20-4)21-5)13-10-16-26(22-6)23-7/h24-26H,8-16H2,1-7H3. The number of hydrogen-bond acceptors (Lipinski definition) is 6. The van der Waals surface area contributed by atoms with Crippen LogP contribution < -0.4 is 0 Å². The van der Waals surface area contributed by atoms with Crippen LogP contribution in [0.4, 0.5) is 0 Å². The van der Waals surface area contributed by atoms with Crippen LogP contribution in [0.2, 0.25) is 18.1 Å². The molecule has 158 valence electrons. The maximum Gasteiger partial charge on any atom is 0.320 e. The summed E-state index contributed by atoms with van der Waals surface area (Å²) in [6.45, 7) is 2.43. The summed E-state index contributed by atoms with van der Waals surface area (Å²) >= 11 is 0. The van der Waals surface area contributed by atoms with E-state index < -0.39 is 27.9 Å². The van der Waals surface area contributed by atoms with Crippen LogP contribution in [0.25, 0.3) is 0 Å². The molecule has 0 amide bonds. The fourth-order valence-corrected chi connectivity index (χ4v) is 7.06. The summed E-state index contributed by atoms with van der Waals surface area (Å²) in [6.07, 6.45) is 7.13. The van der Waals surface area contributed by atoms with Crippen molar-refractivity contribution in [2.75, 3.05) is 42.7 Å². The predicted molar refractivity (Wildman–Crippen MR) is 114 cm³/mol. The van der Waals surface area contributed by atoms with E-state index in [0.29, 0.717) is 5.41 Å². The van der Waals surface area contributed by atoms with Gasteiger partial charge in [0, 0.05) is 42.7 Å². The molecule has 0 aliphatic heterocycles. The van der Waals surface area contributed by atoms with Crippen molar-refractivity contribution in [1.29, 1.82) is 0 Å². The second-order valence-corrected chi connectivity index (χ2v) is 14.3. The fourth-order valence-electron chi connectivity index (χ4n) is 3.46. The minimum Gasteiger partial charge on any atom is -0.400 e. The molecule has 0 saturated heterocycles. The van der Waals surface area contributed by atoms with Crippen molar-refractivity contribution in [2.45, 2.75) is 63.6 Å². The van der Waals surface area contributed by atoms with Gasteiger partial charge in [0.15, 0.2) is 0 Å². The quantitative estimate of drug-likeness (QED) is 0.314. The van der Waals surface area contributed by atoms with Crippen molar-refractivity contribution < 1.29 is 26.6 Å². The summed E-state index contributed by atoms with van der Waals surface area (Å²) in [5.41, 5.74) is 0.335. The first-order valence-corrected chi connectivity index (χ1v) is 14.9. The third-order valence-electron chi connectivity index (χ3n) is 5.24. The first-order valence-electron chi connectivity index (χ1n) is 9.65. The topological polar surface area (TPSA) is 55.4 Å². The molecule has 9 heteroatoms. The maximum absolute atomic E-state index is 5.46. The number of hydrogen-bond donors (Lipinski definition) is 0. The average molecular weight is 427 g/mol. The molecule has 6 nitrogen and oxygen atoms in total. The van der Waals surface area contributed by atoms with E-state index in [-0.39, 0.29) is 0 Å². The van der Waals surface area contributed by atoms with Crippen LogP contribution in [0.1, 0.15) is 45.4 Å². The minimum absolute atomic E-state index is 0.335.